The van der Waals surface area contributed by atoms with Crippen molar-refractivity contribution >= 4 is 0 Å². The molecule has 2 aliphatic carbocycles. The first-order valence-electron chi connectivity index (χ1n) is 8.37. The Morgan fingerprint density at radius 3 is 2.48 bits per heavy atom. The highest BCUT2D eigenvalue weighted by molar-refractivity contribution is 5.45. The molecule has 1 N–H and O–H groups in total. The Hall–Kier alpha value is -1.02. The quantitative estimate of drug-likeness (QED) is 0.876. The predicted octanol–water partition coefficient (Wildman–Crippen LogP) is 4.20. The number of ether oxygens (including phenoxy) is 1. The van der Waals surface area contributed by atoms with E-state index in [4.69, 9.17) is 4.74 Å². The van der Waals surface area contributed by atoms with Gasteiger partial charge in [-0.15, -0.1) is 0 Å². The van der Waals surface area contributed by atoms with Crippen molar-refractivity contribution < 1.29 is 4.74 Å². The van der Waals surface area contributed by atoms with Crippen LogP contribution in [0.3, 0.4) is 0 Å². The molecule has 0 unspecified atom stereocenters. The van der Waals surface area contributed by atoms with Crippen LogP contribution >= 0.6 is 0 Å². The summed E-state index contributed by atoms with van der Waals surface area (Å²) in [5.74, 6) is 1.07. The third kappa shape index (κ3) is 2.59. The Labute approximate surface area is 129 Å². The maximum absolute atomic E-state index is 5.68. The summed E-state index contributed by atoms with van der Waals surface area (Å²) in [6.07, 6.45) is 6.97. The SMILES string of the molecule is COc1ccc(C)cc1C1(CNC(C)C)CC2(CCC2)C1. The van der Waals surface area contributed by atoms with E-state index in [1.54, 1.807) is 7.11 Å². The summed E-state index contributed by atoms with van der Waals surface area (Å²) < 4.78 is 5.68. The van der Waals surface area contributed by atoms with Gasteiger partial charge in [0.15, 0.2) is 0 Å². The molecule has 1 aromatic rings. The zero-order chi connectivity index (χ0) is 15.1. The molecule has 21 heavy (non-hydrogen) atoms. The van der Waals surface area contributed by atoms with Crippen LogP contribution in [0.25, 0.3) is 0 Å². The van der Waals surface area contributed by atoms with Crippen molar-refractivity contribution in [1.29, 1.82) is 0 Å². The standard InChI is InChI=1S/C19H29NO/c1-14(2)20-13-19(11-18(12-19)8-5-9-18)16-10-15(3)6-7-17(16)21-4/h6-7,10,14,20H,5,8-9,11-13H2,1-4H3. The molecule has 2 saturated carbocycles. The van der Waals surface area contributed by atoms with Gasteiger partial charge in [-0.1, -0.05) is 38.0 Å². The van der Waals surface area contributed by atoms with Crippen molar-refractivity contribution in [1.82, 2.24) is 5.32 Å². The maximum Gasteiger partial charge on any atom is 0.122 e. The van der Waals surface area contributed by atoms with Crippen LogP contribution in [-0.2, 0) is 5.41 Å². The molecule has 2 fully saturated rings. The second-order valence-electron chi connectivity index (χ2n) is 7.73. The summed E-state index contributed by atoms with van der Waals surface area (Å²) in [7, 11) is 1.80. The Balaban J connectivity index is 1.90. The van der Waals surface area contributed by atoms with Crippen molar-refractivity contribution in [3.8, 4) is 5.75 Å². The number of benzene rings is 1. The lowest BCUT2D eigenvalue weighted by molar-refractivity contribution is -0.0497. The highest BCUT2D eigenvalue weighted by atomic mass is 16.5. The Bertz CT molecular complexity index is 508. The molecule has 0 aromatic heterocycles. The molecule has 0 amide bonds. The molecule has 0 radical (unpaired) electrons. The number of nitrogens with one attached hydrogen (secondary N) is 1. The van der Waals surface area contributed by atoms with Crippen LogP contribution in [0.2, 0.25) is 0 Å². The Morgan fingerprint density at radius 1 is 1.24 bits per heavy atom. The van der Waals surface area contributed by atoms with Gasteiger partial charge in [-0.3, -0.25) is 0 Å². The maximum atomic E-state index is 5.68. The zero-order valence-electron chi connectivity index (χ0n) is 14.0. The van der Waals surface area contributed by atoms with Gasteiger partial charge < -0.3 is 10.1 Å². The van der Waals surface area contributed by atoms with Gasteiger partial charge in [0, 0.05) is 23.6 Å². The van der Waals surface area contributed by atoms with Crippen LogP contribution in [0.1, 0.15) is 57.1 Å². The Morgan fingerprint density at radius 2 is 1.95 bits per heavy atom. The third-order valence-corrected chi connectivity index (χ3v) is 5.62. The molecule has 0 bridgehead atoms. The summed E-state index contributed by atoms with van der Waals surface area (Å²) in [6.45, 7) is 7.73. The van der Waals surface area contributed by atoms with Crippen LogP contribution < -0.4 is 10.1 Å². The van der Waals surface area contributed by atoms with Crippen LogP contribution in [0.15, 0.2) is 18.2 Å². The minimum Gasteiger partial charge on any atom is -0.496 e. The molecule has 0 heterocycles. The van der Waals surface area contributed by atoms with E-state index in [9.17, 15) is 0 Å². The first-order valence-corrected chi connectivity index (χ1v) is 8.37. The van der Waals surface area contributed by atoms with Gasteiger partial charge in [0.25, 0.3) is 0 Å². The molecule has 2 heteroatoms. The van der Waals surface area contributed by atoms with Crippen molar-refractivity contribution in [3.05, 3.63) is 29.3 Å². The summed E-state index contributed by atoms with van der Waals surface area (Å²) in [6, 6.07) is 7.19. The van der Waals surface area contributed by atoms with Crippen molar-refractivity contribution in [2.75, 3.05) is 13.7 Å². The van der Waals surface area contributed by atoms with Gasteiger partial charge in [0.1, 0.15) is 5.75 Å². The average Bonchev–Trinajstić information content (AvgIpc) is 2.35. The minimum atomic E-state index is 0.280. The van der Waals surface area contributed by atoms with Gasteiger partial charge in [0.05, 0.1) is 7.11 Å². The van der Waals surface area contributed by atoms with E-state index in [1.165, 1.54) is 43.2 Å². The van der Waals surface area contributed by atoms with E-state index >= 15 is 0 Å². The smallest absolute Gasteiger partial charge is 0.122 e. The van der Waals surface area contributed by atoms with E-state index < -0.39 is 0 Å². The highest BCUT2D eigenvalue weighted by Gasteiger charge is 2.58. The van der Waals surface area contributed by atoms with E-state index in [-0.39, 0.29) is 5.41 Å². The van der Waals surface area contributed by atoms with Gasteiger partial charge in [-0.05, 0) is 44.1 Å². The fraction of sp³-hybridized carbons (Fsp3) is 0.684. The van der Waals surface area contributed by atoms with Crippen LogP contribution in [0.5, 0.6) is 5.75 Å². The van der Waals surface area contributed by atoms with Gasteiger partial charge in [0.2, 0.25) is 0 Å². The molecular weight excluding hydrogens is 258 g/mol. The second kappa shape index (κ2) is 5.31. The minimum absolute atomic E-state index is 0.280. The number of methoxy groups -OCH3 is 1. The molecule has 2 nitrogen and oxygen atoms in total. The van der Waals surface area contributed by atoms with Crippen LogP contribution in [-0.4, -0.2) is 19.7 Å². The molecule has 0 atom stereocenters. The second-order valence-corrected chi connectivity index (χ2v) is 7.73. The van der Waals surface area contributed by atoms with Gasteiger partial charge in [-0.25, -0.2) is 0 Å². The summed E-state index contributed by atoms with van der Waals surface area (Å²) in [5.41, 5.74) is 3.70. The first-order chi connectivity index (χ1) is 9.99. The van der Waals surface area contributed by atoms with E-state index in [1.807, 2.05) is 0 Å². The number of hydrogen-bond donors (Lipinski definition) is 1. The number of rotatable bonds is 5. The van der Waals surface area contributed by atoms with E-state index in [2.05, 4.69) is 44.3 Å². The fourth-order valence-electron chi connectivity index (χ4n) is 4.46. The normalized spacial score (nSPS) is 22.0. The summed E-state index contributed by atoms with van der Waals surface area (Å²) >= 11 is 0. The van der Waals surface area contributed by atoms with E-state index in [0.29, 0.717) is 11.5 Å². The third-order valence-electron chi connectivity index (χ3n) is 5.62. The predicted molar refractivity (Wildman–Crippen MR) is 88.1 cm³/mol. The van der Waals surface area contributed by atoms with Crippen molar-refractivity contribution in [3.63, 3.8) is 0 Å². The van der Waals surface area contributed by atoms with Crippen molar-refractivity contribution in [2.24, 2.45) is 5.41 Å². The molecular formula is C19H29NO. The fourth-order valence-corrected chi connectivity index (χ4v) is 4.46. The van der Waals surface area contributed by atoms with Gasteiger partial charge >= 0.3 is 0 Å². The lowest BCUT2D eigenvalue weighted by Gasteiger charge is -2.62. The molecule has 116 valence electrons. The molecule has 1 aromatic carbocycles. The molecule has 0 saturated heterocycles. The highest BCUT2D eigenvalue weighted by Crippen LogP contribution is 2.65. The molecule has 3 rings (SSSR count). The lowest BCUT2D eigenvalue weighted by Crippen LogP contribution is -2.58. The number of hydrogen-bond acceptors (Lipinski definition) is 2. The monoisotopic (exact) mass is 287 g/mol. The molecule has 0 aliphatic heterocycles. The molecule has 1 spiro atoms. The summed E-state index contributed by atoms with van der Waals surface area (Å²) in [4.78, 5) is 0. The molecule has 2 aliphatic rings. The average molecular weight is 287 g/mol. The van der Waals surface area contributed by atoms with Crippen LogP contribution in [0.4, 0.5) is 0 Å². The summed E-state index contributed by atoms with van der Waals surface area (Å²) in [5, 5.41) is 3.69. The van der Waals surface area contributed by atoms with Crippen molar-refractivity contribution in [2.45, 2.75) is 64.3 Å². The number of aryl methyl sites for hydroxylation is 1. The van der Waals surface area contributed by atoms with E-state index in [0.717, 1.165) is 12.3 Å². The van der Waals surface area contributed by atoms with Crippen LogP contribution in [0, 0.1) is 12.3 Å². The topological polar surface area (TPSA) is 21.3 Å². The zero-order valence-corrected chi connectivity index (χ0v) is 14.0. The van der Waals surface area contributed by atoms with Gasteiger partial charge in [-0.2, -0.15) is 0 Å². The Kier molecular flexibility index (Phi) is 3.77. The lowest BCUT2D eigenvalue weighted by atomic mass is 9.43. The largest absolute Gasteiger partial charge is 0.496 e. The first kappa shape index (κ1) is 14.9.